The Hall–Kier alpha value is -0.370. The molecule has 2 heteroatoms. The van der Waals surface area contributed by atoms with Crippen LogP contribution in [0.25, 0.3) is 0 Å². The maximum Gasteiger partial charge on any atom is 0.123 e. The Labute approximate surface area is 75.3 Å². The molecule has 0 bridgehead atoms. The number of methoxy groups -OCH3 is 1. The summed E-state index contributed by atoms with van der Waals surface area (Å²) < 4.78 is 5.08. The molecular weight excluding hydrogens is 152 g/mol. The number of rotatable bonds is 2. The molecule has 2 atom stereocenters. The first-order valence-electron chi connectivity index (χ1n) is 4.76. The Kier molecular flexibility index (Phi) is 7.06. The van der Waals surface area contributed by atoms with E-state index in [0.29, 0.717) is 6.10 Å². The van der Waals surface area contributed by atoms with Gasteiger partial charge in [-0.25, -0.2) is 0 Å². The van der Waals surface area contributed by atoms with Crippen molar-refractivity contribution in [3.63, 3.8) is 0 Å². The van der Waals surface area contributed by atoms with E-state index in [-0.39, 0.29) is 5.92 Å². The van der Waals surface area contributed by atoms with Gasteiger partial charge in [0.15, 0.2) is 0 Å². The number of carbonyl (C=O) groups excluding carboxylic acids is 1. The van der Waals surface area contributed by atoms with Gasteiger partial charge in [0, 0.05) is 13.0 Å². The molecule has 72 valence electrons. The van der Waals surface area contributed by atoms with E-state index in [1.54, 1.807) is 7.11 Å². The molecule has 0 aliphatic heterocycles. The first-order valence-corrected chi connectivity index (χ1v) is 4.76. The van der Waals surface area contributed by atoms with Crippen LogP contribution in [0.15, 0.2) is 0 Å². The van der Waals surface area contributed by atoms with E-state index in [4.69, 9.17) is 4.74 Å². The van der Waals surface area contributed by atoms with Crippen molar-refractivity contribution in [1.82, 2.24) is 0 Å². The van der Waals surface area contributed by atoms with Gasteiger partial charge in [0.25, 0.3) is 0 Å². The maximum atomic E-state index is 10.2. The van der Waals surface area contributed by atoms with E-state index in [0.717, 1.165) is 25.5 Å². The summed E-state index contributed by atoms with van der Waals surface area (Å²) in [6, 6.07) is 0. The topological polar surface area (TPSA) is 26.3 Å². The first-order chi connectivity index (χ1) is 5.78. The van der Waals surface area contributed by atoms with Gasteiger partial charge in [0.2, 0.25) is 0 Å². The molecule has 0 heterocycles. The van der Waals surface area contributed by atoms with Crippen LogP contribution in [0.5, 0.6) is 0 Å². The summed E-state index contributed by atoms with van der Waals surface area (Å²) in [6.07, 6.45) is 5.64. The number of hydrogen-bond acceptors (Lipinski definition) is 2. The second kappa shape index (κ2) is 7.29. The summed E-state index contributed by atoms with van der Waals surface area (Å²) in [4.78, 5) is 10.2. The fourth-order valence-electron chi connectivity index (χ4n) is 1.31. The minimum Gasteiger partial charge on any atom is -0.381 e. The third-order valence-electron chi connectivity index (χ3n) is 1.95. The predicted octanol–water partition coefficient (Wildman–Crippen LogP) is 2.42. The van der Waals surface area contributed by atoms with Gasteiger partial charge in [-0.2, -0.15) is 0 Å². The summed E-state index contributed by atoms with van der Waals surface area (Å²) in [7, 11) is 1.71. The number of ether oxygens (including phenoxy) is 1. The van der Waals surface area contributed by atoms with Crippen LogP contribution in [0.4, 0.5) is 0 Å². The molecule has 1 aliphatic carbocycles. The molecule has 2 nitrogen and oxygen atoms in total. The van der Waals surface area contributed by atoms with Crippen molar-refractivity contribution < 1.29 is 9.53 Å². The van der Waals surface area contributed by atoms with Crippen LogP contribution in [0, 0.1) is 5.92 Å². The summed E-state index contributed by atoms with van der Waals surface area (Å²) in [5.74, 6) is 0.273. The van der Waals surface area contributed by atoms with Gasteiger partial charge in [-0.05, 0) is 19.3 Å². The highest BCUT2D eigenvalue weighted by Gasteiger charge is 2.23. The van der Waals surface area contributed by atoms with E-state index in [1.165, 1.54) is 6.42 Å². The first kappa shape index (κ1) is 11.6. The van der Waals surface area contributed by atoms with E-state index in [1.807, 2.05) is 0 Å². The standard InChI is InChI=1S/C7H12O2.C3H8/c1-9-7-3-2-6(4-7)5-8;1-3-2/h5-7H,2-4H2,1H3;3H2,1-2H3. The van der Waals surface area contributed by atoms with Crippen molar-refractivity contribution in [2.75, 3.05) is 7.11 Å². The average Bonchev–Trinajstić information content (AvgIpc) is 2.53. The molecule has 12 heavy (non-hydrogen) atoms. The fraction of sp³-hybridized carbons (Fsp3) is 0.900. The normalized spacial score (nSPS) is 27.6. The lowest BCUT2D eigenvalue weighted by Crippen LogP contribution is -2.04. The number of hydrogen-bond donors (Lipinski definition) is 0. The monoisotopic (exact) mass is 172 g/mol. The van der Waals surface area contributed by atoms with Crippen molar-refractivity contribution in [1.29, 1.82) is 0 Å². The van der Waals surface area contributed by atoms with Crippen molar-refractivity contribution in [2.45, 2.75) is 45.6 Å². The SMILES string of the molecule is CCC.COC1CCC(C=O)C1. The highest BCUT2D eigenvalue weighted by Crippen LogP contribution is 2.25. The third-order valence-corrected chi connectivity index (χ3v) is 1.95. The highest BCUT2D eigenvalue weighted by molar-refractivity contribution is 5.54. The summed E-state index contributed by atoms with van der Waals surface area (Å²) in [5, 5.41) is 0. The van der Waals surface area contributed by atoms with Gasteiger partial charge in [0.1, 0.15) is 6.29 Å². The van der Waals surface area contributed by atoms with Crippen LogP contribution in [-0.4, -0.2) is 19.5 Å². The largest absolute Gasteiger partial charge is 0.381 e. The Morgan fingerprint density at radius 3 is 2.25 bits per heavy atom. The summed E-state index contributed by atoms with van der Waals surface area (Å²) in [6.45, 7) is 4.25. The quantitative estimate of drug-likeness (QED) is 0.598. The Morgan fingerprint density at radius 2 is 2.00 bits per heavy atom. The van der Waals surface area contributed by atoms with Crippen LogP contribution in [0.2, 0.25) is 0 Å². The zero-order chi connectivity index (χ0) is 9.40. The molecule has 0 radical (unpaired) electrons. The van der Waals surface area contributed by atoms with Gasteiger partial charge >= 0.3 is 0 Å². The molecule has 1 fully saturated rings. The van der Waals surface area contributed by atoms with Crippen molar-refractivity contribution in [3.8, 4) is 0 Å². The number of aldehydes is 1. The molecule has 2 unspecified atom stereocenters. The average molecular weight is 172 g/mol. The molecule has 0 aromatic rings. The van der Waals surface area contributed by atoms with Crippen molar-refractivity contribution in [3.05, 3.63) is 0 Å². The van der Waals surface area contributed by atoms with Crippen LogP contribution in [-0.2, 0) is 9.53 Å². The minimum atomic E-state index is 0.273. The van der Waals surface area contributed by atoms with Gasteiger partial charge in [-0.3, -0.25) is 0 Å². The highest BCUT2D eigenvalue weighted by atomic mass is 16.5. The van der Waals surface area contributed by atoms with E-state index >= 15 is 0 Å². The molecule has 0 saturated heterocycles. The zero-order valence-electron chi connectivity index (χ0n) is 8.38. The van der Waals surface area contributed by atoms with Gasteiger partial charge < -0.3 is 9.53 Å². The molecule has 1 rings (SSSR count). The molecule has 0 aromatic heterocycles. The molecule has 0 amide bonds. The van der Waals surface area contributed by atoms with Gasteiger partial charge in [-0.15, -0.1) is 0 Å². The summed E-state index contributed by atoms with van der Waals surface area (Å²) >= 11 is 0. The lowest BCUT2D eigenvalue weighted by Gasteiger charge is -2.03. The minimum absolute atomic E-state index is 0.273. The molecule has 0 aromatic carbocycles. The van der Waals surface area contributed by atoms with Crippen LogP contribution < -0.4 is 0 Å². The Morgan fingerprint density at radius 1 is 1.42 bits per heavy atom. The molecule has 1 saturated carbocycles. The number of carbonyl (C=O) groups is 1. The van der Waals surface area contributed by atoms with E-state index < -0.39 is 0 Å². The maximum absolute atomic E-state index is 10.2. The van der Waals surface area contributed by atoms with Crippen LogP contribution in [0.3, 0.4) is 0 Å². The van der Waals surface area contributed by atoms with E-state index in [9.17, 15) is 4.79 Å². The molecular formula is C10H20O2. The molecule has 0 spiro atoms. The van der Waals surface area contributed by atoms with Gasteiger partial charge in [-0.1, -0.05) is 20.3 Å². The summed E-state index contributed by atoms with van der Waals surface area (Å²) in [5.41, 5.74) is 0. The second-order valence-corrected chi connectivity index (χ2v) is 3.27. The smallest absolute Gasteiger partial charge is 0.123 e. The van der Waals surface area contributed by atoms with E-state index in [2.05, 4.69) is 13.8 Å². The predicted molar refractivity (Wildman–Crippen MR) is 50.2 cm³/mol. The zero-order valence-corrected chi connectivity index (χ0v) is 8.38. The van der Waals surface area contributed by atoms with Crippen LogP contribution in [0.1, 0.15) is 39.5 Å². The van der Waals surface area contributed by atoms with Crippen molar-refractivity contribution in [2.24, 2.45) is 5.92 Å². The molecule has 0 N–H and O–H groups in total. The fourth-order valence-corrected chi connectivity index (χ4v) is 1.31. The Balaban J connectivity index is 0.000000354. The van der Waals surface area contributed by atoms with Crippen molar-refractivity contribution >= 4 is 6.29 Å². The second-order valence-electron chi connectivity index (χ2n) is 3.27. The molecule has 1 aliphatic rings. The van der Waals surface area contributed by atoms with Gasteiger partial charge in [0.05, 0.1) is 6.10 Å². The lowest BCUT2D eigenvalue weighted by molar-refractivity contribution is -0.111. The lowest BCUT2D eigenvalue weighted by atomic mass is 10.1. The Bertz CT molecular complexity index is 112. The van der Waals surface area contributed by atoms with Crippen LogP contribution >= 0.6 is 0 Å². The third kappa shape index (κ3) is 4.50.